The lowest BCUT2D eigenvalue weighted by Crippen LogP contribution is -2.18. The quantitative estimate of drug-likeness (QED) is 0.719. The Morgan fingerprint density at radius 2 is 1.95 bits per heavy atom. The molecule has 3 rings (SSSR count). The maximum Gasteiger partial charge on any atom is 0.274 e. The van der Waals surface area contributed by atoms with Gasteiger partial charge in [0.05, 0.1) is 5.69 Å². The van der Waals surface area contributed by atoms with Gasteiger partial charge in [0.15, 0.2) is 0 Å². The van der Waals surface area contributed by atoms with Gasteiger partial charge in [0.25, 0.3) is 11.5 Å². The van der Waals surface area contributed by atoms with E-state index >= 15 is 0 Å². The molecule has 7 nitrogen and oxygen atoms in total. The van der Waals surface area contributed by atoms with Crippen molar-refractivity contribution in [3.8, 4) is 17.2 Å². The molecule has 0 atom stereocenters. The zero-order valence-electron chi connectivity index (χ0n) is 10.7. The summed E-state index contributed by atoms with van der Waals surface area (Å²) in [5, 5.41) is 12.0. The number of H-pyrrole nitrogens is 1. The highest BCUT2D eigenvalue weighted by atomic mass is 16.1. The van der Waals surface area contributed by atoms with Gasteiger partial charge in [0.2, 0.25) is 0 Å². The van der Waals surface area contributed by atoms with Crippen LogP contribution >= 0.6 is 0 Å². The van der Waals surface area contributed by atoms with Crippen molar-refractivity contribution >= 4 is 5.82 Å². The molecule has 3 aromatic rings. The molecule has 0 unspecified atom stereocenters. The summed E-state index contributed by atoms with van der Waals surface area (Å²) in [6.07, 6.45) is 0. The Labute approximate surface area is 114 Å². The normalized spacial score (nSPS) is 10.7. The van der Waals surface area contributed by atoms with Crippen molar-refractivity contribution in [2.75, 3.05) is 5.73 Å². The van der Waals surface area contributed by atoms with Gasteiger partial charge in [-0.3, -0.25) is 9.78 Å². The van der Waals surface area contributed by atoms with Crippen LogP contribution in [0.15, 0.2) is 41.2 Å². The van der Waals surface area contributed by atoms with E-state index in [1.165, 1.54) is 4.68 Å². The first-order valence-corrected chi connectivity index (χ1v) is 6.00. The number of benzene rings is 1. The van der Waals surface area contributed by atoms with Crippen LogP contribution in [0.1, 0.15) is 5.69 Å². The molecule has 0 amide bonds. The number of aryl methyl sites for hydroxylation is 1. The van der Waals surface area contributed by atoms with E-state index in [1.807, 2.05) is 30.3 Å². The zero-order valence-corrected chi connectivity index (χ0v) is 10.7. The Hall–Kier alpha value is -2.96. The van der Waals surface area contributed by atoms with E-state index in [2.05, 4.69) is 20.3 Å². The number of aromatic nitrogens is 5. The Kier molecular flexibility index (Phi) is 2.79. The molecule has 3 N–H and O–H groups in total. The van der Waals surface area contributed by atoms with Crippen molar-refractivity contribution < 1.29 is 0 Å². The van der Waals surface area contributed by atoms with Crippen molar-refractivity contribution in [2.45, 2.75) is 6.92 Å². The molecule has 0 saturated heterocycles. The maximum atomic E-state index is 11.6. The summed E-state index contributed by atoms with van der Waals surface area (Å²) in [5.41, 5.74) is 7.52. The van der Waals surface area contributed by atoms with E-state index in [0.717, 1.165) is 5.56 Å². The molecule has 0 saturated carbocycles. The second kappa shape index (κ2) is 4.61. The van der Waals surface area contributed by atoms with Crippen LogP contribution in [0.5, 0.6) is 0 Å². The summed E-state index contributed by atoms with van der Waals surface area (Å²) in [6.45, 7) is 1.58. The predicted octanol–water partition coefficient (Wildman–Crippen LogP) is 0.908. The molecule has 0 aliphatic heterocycles. The van der Waals surface area contributed by atoms with Gasteiger partial charge < -0.3 is 5.73 Å². The molecule has 100 valence electrons. The van der Waals surface area contributed by atoms with E-state index in [0.29, 0.717) is 17.2 Å². The molecule has 7 heteroatoms. The summed E-state index contributed by atoms with van der Waals surface area (Å²) in [5.74, 6) is 0.568. The summed E-state index contributed by atoms with van der Waals surface area (Å²) >= 11 is 0. The van der Waals surface area contributed by atoms with Crippen molar-refractivity contribution in [2.24, 2.45) is 0 Å². The molecule has 2 heterocycles. The SMILES string of the molecule is Cc1nnc(-n2nc(-c3ccccc3)cc2N)[nH]c1=O. The molecule has 0 spiro atoms. The third kappa shape index (κ3) is 2.05. The average molecular weight is 268 g/mol. The Balaban J connectivity index is 2.09. The van der Waals surface area contributed by atoms with Crippen LogP contribution in [0.4, 0.5) is 5.82 Å². The smallest absolute Gasteiger partial charge is 0.274 e. The number of hydrogen-bond donors (Lipinski definition) is 2. The lowest BCUT2D eigenvalue weighted by atomic mass is 10.2. The van der Waals surface area contributed by atoms with Gasteiger partial charge in [-0.15, -0.1) is 10.2 Å². The fourth-order valence-electron chi connectivity index (χ4n) is 1.80. The van der Waals surface area contributed by atoms with Crippen LogP contribution in [0.25, 0.3) is 17.2 Å². The number of nitrogens with one attached hydrogen (secondary N) is 1. The standard InChI is InChI=1S/C13H12N6O/c1-8-12(20)15-13(17-16-8)19-11(14)7-10(18-19)9-5-3-2-4-6-9/h2-7H,14H2,1H3,(H,15,17,20). The van der Waals surface area contributed by atoms with Crippen LogP contribution in [0.2, 0.25) is 0 Å². The molecule has 0 bridgehead atoms. The van der Waals surface area contributed by atoms with Crippen molar-refractivity contribution in [3.05, 3.63) is 52.4 Å². The lowest BCUT2D eigenvalue weighted by Gasteiger charge is -2.01. The van der Waals surface area contributed by atoms with Crippen molar-refractivity contribution in [3.63, 3.8) is 0 Å². The topological polar surface area (TPSA) is 102 Å². The highest BCUT2D eigenvalue weighted by Gasteiger charge is 2.11. The van der Waals surface area contributed by atoms with E-state index in [4.69, 9.17) is 5.73 Å². The summed E-state index contributed by atoms with van der Waals surface area (Å²) < 4.78 is 1.36. The minimum absolute atomic E-state index is 0.195. The number of nitrogens with zero attached hydrogens (tertiary/aromatic N) is 4. The predicted molar refractivity (Wildman–Crippen MR) is 74.4 cm³/mol. The molecule has 1 aromatic carbocycles. The fraction of sp³-hybridized carbons (Fsp3) is 0.0769. The lowest BCUT2D eigenvalue weighted by molar-refractivity contribution is 0.760. The average Bonchev–Trinajstić information content (AvgIpc) is 2.85. The van der Waals surface area contributed by atoms with Gasteiger partial charge in [-0.25, -0.2) is 0 Å². The van der Waals surface area contributed by atoms with E-state index in [-0.39, 0.29) is 11.5 Å². The number of anilines is 1. The van der Waals surface area contributed by atoms with E-state index in [9.17, 15) is 4.79 Å². The van der Waals surface area contributed by atoms with Gasteiger partial charge in [0, 0.05) is 11.6 Å². The Morgan fingerprint density at radius 1 is 1.20 bits per heavy atom. The molecule has 0 fully saturated rings. The number of rotatable bonds is 2. The minimum atomic E-state index is -0.314. The van der Waals surface area contributed by atoms with Crippen LogP contribution in [-0.4, -0.2) is 25.0 Å². The van der Waals surface area contributed by atoms with Crippen LogP contribution in [0.3, 0.4) is 0 Å². The molecule has 0 radical (unpaired) electrons. The highest BCUT2D eigenvalue weighted by Crippen LogP contribution is 2.20. The molecule has 0 aliphatic rings. The fourth-order valence-corrected chi connectivity index (χ4v) is 1.80. The van der Waals surface area contributed by atoms with Gasteiger partial charge >= 0.3 is 0 Å². The second-order valence-corrected chi connectivity index (χ2v) is 4.30. The summed E-state index contributed by atoms with van der Waals surface area (Å²) in [7, 11) is 0. The first-order chi connectivity index (χ1) is 9.65. The largest absolute Gasteiger partial charge is 0.383 e. The van der Waals surface area contributed by atoms with Crippen molar-refractivity contribution in [1.82, 2.24) is 25.0 Å². The maximum absolute atomic E-state index is 11.6. The first kappa shape index (κ1) is 12.1. The van der Waals surface area contributed by atoms with E-state index in [1.54, 1.807) is 13.0 Å². The summed E-state index contributed by atoms with van der Waals surface area (Å²) in [6, 6.07) is 11.3. The summed E-state index contributed by atoms with van der Waals surface area (Å²) in [4.78, 5) is 14.2. The van der Waals surface area contributed by atoms with Gasteiger partial charge in [0.1, 0.15) is 11.5 Å². The van der Waals surface area contributed by atoms with Crippen LogP contribution < -0.4 is 11.3 Å². The number of nitrogen functional groups attached to an aromatic ring is 1. The molecular formula is C13H12N6O. The van der Waals surface area contributed by atoms with Gasteiger partial charge in [-0.1, -0.05) is 30.3 Å². The molecular weight excluding hydrogens is 256 g/mol. The van der Waals surface area contributed by atoms with Gasteiger partial charge in [-0.2, -0.15) is 9.78 Å². The van der Waals surface area contributed by atoms with Crippen LogP contribution in [0, 0.1) is 6.92 Å². The second-order valence-electron chi connectivity index (χ2n) is 4.30. The third-order valence-electron chi connectivity index (χ3n) is 2.86. The van der Waals surface area contributed by atoms with Gasteiger partial charge in [-0.05, 0) is 6.92 Å². The zero-order chi connectivity index (χ0) is 14.1. The number of aromatic amines is 1. The number of hydrogen-bond acceptors (Lipinski definition) is 5. The van der Waals surface area contributed by atoms with Crippen molar-refractivity contribution in [1.29, 1.82) is 0 Å². The molecule has 0 aliphatic carbocycles. The monoisotopic (exact) mass is 268 g/mol. The van der Waals surface area contributed by atoms with Crippen LogP contribution in [-0.2, 0) is 0 Å². The highest BCUT2D eigenvalue weighted by molar-refractivity contribution is 5.62. The first-order valence-electron chi connectivity index (χ1n) is 6.00. The third-order valence-corrected chi connectivity index (χ3v) is 2.86. The Morgan fingerprint density at radius 3 is 2.65 bits per heavy atom. The molecule has 20 heavy (non-hydrogen) atoms. The minimum Gasteiger partial charge on any atom is -0.383 e. The Bertz CT molecular complexity index is 805. The molecule has 2 aromatic heterocycles. The van der Waals surface area contributed by atoms with E-state index < -0.39 is 0 Å². The number of nitrogens with two attached hydrogens (primary N) is 1.